The minimum Gasteiger partial charge on any atom is -0.379 e. The molecule has 0 radical (unpaired) electrons. The third kappa shape index (κ3) is 3.75. The second-order valence-corrected chi connectivity index (χ2v) is 6.86. The first-order valence-corrected chi connectivity index (χ1v) is 8.93. The van der Waals surface area contributed by atoms with Gasteiger partial charge < -0.3 is 15.4 Å². The van der Waals surface area contributed by atoms with Crippen molar-refractivity contribution in [2.75, 3.05) is 19.8 Å². The average molecular weight is 347 g/mol. The Balaban J connectivity index is 0.00000169. The Bertz CT molecular complexity index is 652. The van der Waals surface area contributed by atoms with Crippen LogP contribution in [0, 0.1) is 5.92 Å². The van der Waals surface area contributed by atoms with E-state index in [1.807, 2.05) is 0 Å². The number of ether oxygens (including phenoxy) is 1. The molecule has 1 aliphatic carbocycles. The Morgan fingerprint density at radius 3 is 2.83 bits per heavy atom. The molecule has 2 fully saturated rings. The molecule has 4 heteroatoms. The standard InChI is InChI=1S/C20H26N2O.ClH/c1-2-8-17-15(5-1)6-3-7-16(17)13-22-19-10-4-9-18(19)20-14-23-12-11-21-20;/h1-3,5-8,18-22H,4,9-14H2;1H. The molecule has 3 atom stereocenters. The van der Waals surface area contributed by atoms with Gasteiger partial charge in [0, 0.05) is 25.2 Å². The quantitative estimate of drug-likeness (QED) is 0.888. The molecule has 0 bridgehead atoms. The second kappa shape index (κ2) is 8.30. The van der Waals surface area contributed by atoms with Gasteiger partial charge in [0.05, 0.1) is 13.2 Å². The van der Waals surface area contributed by atoms with Crippen molar-refractivity contribution in [2.45, 2.75) is 37.9 Å². The fourth-order valence-electron chi connectivity index (χ4n) is 4.27. The zero-order valence-corrected chi connectivity index (χ0v) is 14.9. The minimum atomic E-state index is 0. The topological polar surface area (TPSA) is 33.3 Å². The summed E-state index contributed by atoms with van der Waals surface area (Å²) in [7, 11) is 0. The first-order valence-electron chi connectivity index (χ1n) is 8.93. The van der Waals surface area contributed by atoms with E-state index in [1.165, 1.54) is 35.6 Å². The van der Waals surface area contributed by atoms with Crippen molar-refractivity contribution in [1.82, 2.24) is 10.6 Å². The van der Waals surface area contributed by atoms with Crippen LogP contribution in [0.4, 0.5) is 0 Å². The van der Waals surface area contributed by atoms with Gasteiger partial charge in [0.25, 0.3) is 0 Å². The maximum atomic E-state index is 5.67. The Morgan fingerprint density at radius 2 is 1.96 bits per heavy atom. The Morgan fingerprint density at radius 1 is 1.08 bits per heavy atom. The summed E-state index contributed by atoms with van der Waals surface area (Å²) >= 11 is 0. The van der Waals surface area contributed by atoms with Crippen molar-refractivity contribution in [1.29, 1.82) is 0 Å². The molecule has 1 heterocycles. The molecule has 2 N–H and O–H groups in total. The van der Waals surface area contributed by atoms with Crippen LogP contribution in [-0.2, 0) is 11.3 Å². The van der Waals surface area contributed by atoms with Gasteiger partial charge in [0.2, 0.25) is 0 Å². The number of benzene rings is 2. The van der Waals surface area contributed by atoms with Crippen LogP contribution in [0.25, 0.3) is 10.8 Å². The lowest BCUT2D eigenvalue weighted by molar-refractivity contribution is 0.0524. The van der Waals surface area contributed by atoms with Gasteiger partial charge in [-0.15, -0.1) is 12.4 Å². The molecule has 0 spiro atoms. The maximum Gasteiger partial charge on any atom is 0.0623 e. The van der Waals surface area contributed by atoms with Crippen LogP contribution in [0.5, 0.6) is 0 Å². The fourth-order valence-corrected chi connectivity index (χ4v) is 4.27. The number of fused-ring (bicyclic) bond motifs is 1. The number of halogens is 1. The van der Waals surface area contributed by atoms with Crippen molar-refractivity contribution in [2.24, 2.45) is 5.92 Å². The molecule has 2 aliphatic rings. The number of rotatable bonds is 4. The third-order valence-electron chi connectivity index (χ3n) is 5.47. The summed E-state index contributed by atoms with van der Waals surface area (Å²) < 4.78 is 5.67. The molecule has 130 valence electrons. The SMILES string of the molecule is Cl.c1ccc2c(CNC3CCCC3C3COCCN3)cccc2c1. The highest BCUT2D eigenvalue weighted by Crippen LogP contribution is 2.30. The summed E-state index contributed by atoms with van der Waals surface area (Å²) in [6.45, 7) is 3.68. The van der Waals surface area contributed by atoms with Gasteiger partial charge in [-0.25, -0.2) is 0 Å². The highest BCUT2D eigenvalue weighted by molar-refractivity contribution is 5.85. The van der Waals surface area contributed by atoms with Crippen LogP contribution < -0.4 is 10.6 Å². The van der Waals surface area contributed by atoms with Gasteiger partial charge >= 0.3 is 0 Å². The number of nitrogens with one attached hydrogen (secondary N) is 2. The zero-order chi connectivity index (χ0) is 15.5. The van der Waals surface area contributed by atoms with E-state index in [-0.39, 0.29) is 12.4 Å². The lowest BCUT2D eigenvalue weighted by atomic mass is 9.93. The molecule has 2 aromatic carbocycles. The van der Waals surface area contributed by atoms with Gasteiger partial charge in [-0.1, -0.05) is 48.9 Å². The molecule has 0 amide bonds. The number of hydrogen-bond acceptors (Lipinski definition) is 3. The minimum absolute atomic E-state index is 0. The van der Waals surface area contributed by atoms with Crippen molar-refractivity contribution in [3.8, 4) is 0 Å². The molecule has 2 aromatic rings. The van der Waals surface area contributed by atoms with Crippen LogP contribution in [0.15, 0.2) is 42.5 Å². The average Bonchev–Trinajstić information content (AvgIpc) is 3.09. The first kappa shape index (κ1) is 17.7. The van der Waals surface area contributed by atoms with Crippen molar-refractivity contribution < 1.29 is 4.74 Å². The van der Waals surface area contributed by atoms with Crippen molar-refractivity contribution in [3.05, 3.63) is 48.0 Å². The summed E-state index contributed by atoms with van der Waals surface area (Å²) in [4.78, 5) is 0. The van der Waals surface area contributed by atoms with E-state index >= 15 is 0 Å². The normalized spacial score (nSPS) is 27.1. The zero-order valence-electron chi connectivity index (χ0n) is 14.0. The molecule has 0 aromatic heterocycles. The lowest BCUT2D eigenvalue weighted by Crippen LogP contribution is -2.50. The van der Waals surface area contributed by atoms with Gasteiger partial charge in [-0.05, 0) is 35.1 Å². The highest BCUT2D eigenvalue weighted by Gasteiger charge is 2.34. The summed E-state index contributed by atoms with van der Waals surface area (Å²) in [6.07, 6.45) is 3.93. The van der Waals surface area contributed by atoms with Crippen LogP contribution in [-0.4, -0.2) is 31.8 Å². The van der Waals surface area contributed by atoms with Gasteiger partial charge in [-0.2, -0.15) is 0 Å². The van der Waals surface area contributed by atoms with Gasteiger partial charge in [0.1, 0.15) is 0 Å². The van der Waals surface area contributed by atoms with E-state index in [0.717, 1.165) is 26.3 Å². The van der Waals surface area contributed by atoms with Crippen LogP contribution >= 0.6 is 12.4 Å². The number of morpholine rings is 1. The molecular weight excluding hydrogens is 320 g/mol. The summed E-state index contributed by atoms with van der Waals surface area (Å²) in [6, 6.07) is 16.4. The van der Waals surface area contributed by atoms with Gasteiger partial charge in [0.15, 0.2) is 0 Å². The fraction of sp³-hybridized carbons (Fsp3) is 0.500. The second-order valence-electron chi connectivity index (χ2n) is 6.86. The molecule has 24 heavy (non-hydrogen) atoms. The first-order chi connectivity index (χ1) is 11.4. The van der Waals surface area contributed by atoms with Gasteiger partial charge in [-0.3, -0.25) is 0 Å². The predicted molar refractivity (Wildman–Crippen MR) is 102 cm³/mol. The monoisotopic (exact) mass is 346 g/mol. The molecular formula is C20H27ClN2O. The highest BCUT2D eigenvalue weighted by atomic mass is 35.5. The van der Waals surface area contributed by atoms with E-state index in [1.54, 1.807) is 0 Å². The van der Waals surface area contributed by atoms with Crippen molar-refractivity contribution >= 4 is 23.2 Å². The molecule has 1 aliphatic heterocycles. The number of hydrogen-bond donors (Lipinski definition) is 2. The van der Waals surface area contributed by atoms with E-state index in [0.29, 0.717) is 18.0 Å². The molecule has 4 rings (SSSR count). The smallest absolute Gasteiger partial charge is 0.0623 e. The van der Waals surface area contributed by atoms with Crippen LogP contribution in [0.3, 0.4) is 0 Å². The summed E-state index contributed by atoms with van der Waals surface area (Å²) in [5.41, 5.74) is 1.40. The summed E-state index contributed by atoms with van der Waals surface area (Å²) in [5.74, 6) is 0.699. The molecule has 1 saturated heterocycles. The van der Waals surface area contributed by atoms with E-state index in [9.17, 15) is 0 Å². The Labute approximate surface area is 150 Å². The van der Waals surface area contributed by atoms with Crippen molar-refractivity contribution in [3.63, 3.8) is 0 Å². The van der Waals surface area contributed by atoms with E-state index < -0.39 is 0 Å². The largest absolute Gasteiger partial charge is 0.379 e. The Hall–Kier alpha value is -1.13. The molecule has 3 unspecified atom stereocenters. The molecule has 1 saturated carbocycles. The van der Waals surface area contributed by atoms with E-state index in [4.69, 9.17) is 4.74 Å². The molecule has 3 nitrogen and oxygen atoms in total. The van der Waals surface area contributed by atoms with E-state index in [2.05, 4.69) is 53.1 Å². The maximum absolute atomic E-state index is 5.67. The predicted octanol–water partition coefficient (Wildman–Crippen LogP) is 3.51. The Kier molecular flexibility index (Phi) is 6.12. The van der Waals surface area contributed by atoms with Crippen LogP contribution in [0.2, 0.25) is 0 Å². The third-order valence-corrected chi connectivity index (χ3v) is 5.47. The van der Waals surface area contributed by atoms with Crippen LogP contribution in [0.1, 0.15) is 24.8 Å². The summed E-state index contributed by atoms with van der Waals surface area (Å²) in [5, 5.41) is 10.2. The lowest BCUT2D eigenvalue weighted by Gasteiger charge is -2.33.